The van der Waals surface area contributed by atoms with Crippen molar-refractivity contribution in [3.63, 3.8) is 0 Å². The largest absolute Gasteiger partial charge is 0.497 e. The van der Waals surface area contributed by atoms with Gasteiger partial charge >= 0.3 is 0 Å². The van der Waals surface area contributed by atoms with Crippen LogP contribution in [0.4, 0.5) is 22.7 Å². The van der Waals surface area contributed by atoms with Crippen LogP contribution in [0.15, 0.2) is 164 Å². The van der Waals surface area contributed by atoms with Gasteiger partial charge in [0.05, 0.1) is 12.8 Å². The van der Waals surface area contributed by atoms with E-state index in [9.17, 15) is 4.79 Å². The van der Waals surface area contributed by atoms with Gasteiger partial charge in [0.1, 0.15) is 18.1 Å². The highest BCUT2D eigenvalue weighted by atomic mass is 16.5. The van der Waals surface area contributed by atoms with Crippen LogP contribution in [0.1, 0.15) is 5.56 Å². The summed E-state index contributed by atoms with van der Waals surface area (Å²) < 4.78 is 18.4. The fourth-order valence-electron chi connectivity index (χ4n) is 8.11. The van der Waals surface area contributed by atoms with Crippen molar-refractivity contribution in [3.05, 3.63) is 169 Å². The first-order valence-corrected chi connectivity index (χ1v) is 19.9. The van der Waals surface area contributed by atoms with Gasteiger partial charge in [0.15, 0.2) is 18.1 Å². The second-order valence-electron chi connectivity index (χ2n) is 14.5. The first kappa shape index (κ1) is 37.3. The number of nitrogens with zero attached hydrogens (tertiary/aromatic N) is 3. The third-order valence-electron chi connectivity index (χ3n) is 11.1. The predicted molar refractivity (Wildman–Crippen MR) is 237 cm³/mol. The topological polar surface area (TPSA) is 71.6 Å². The van der Waals surface area contributed by atoms with Crippen LogP contribution in [0.3, 0.4) is 0 Å². The normalized spacial score (nSPS) is 14.6. The van der Waals surface area contributed by atoms with Crippen molar-refractivity contribution < 1.29 is 23.8 Å². The minimum atomic E-state index is -0.952. The van der Waals surface area contributed by atoms with Gasteiger partial charge in [-0.3, -0.25) is 14.5 Å². The summed E-state index contributed by atoms with van der Waals surface area (Å²) in [5.41, 5.74) is 7.82. The van der Waals surface area contributed by atoms with Crippen molar-refractivity contribution in [2.75, 3.05) is 54.6 Å². The number of anilines is 4. The zero-order valence-corrected chi connectivity index (χ0v) is 32.7. The van der Waals surface area contributed by atoms with Crippen LogP contribution in [0.5, 0.6) is 17.2 Å². The van der Waals surface area contributed by atoms with E-state index < -0.39 is 6.10 Å². The number of aldehydes is 1. The van der Waals surface area contributed by atoms with Gasteiger partial charge in [0.2, 0.25) is 0 Å². The van der Waals surface area contributed by atoms with Crippen LogP contribution >= 0.6 is 0 Å². The van der Waals surface area contributed by atoms with E-state index in [1.54, 1.807) is 12.0 Å². The molecular formula is C51H43N3O5. The van der Waals surface area contributed by atoms with E-state index in [0.29, 0.717) is 22.9 Å². The van der Waals surface area contributed by atoms with Gasteiger partial charge in [0, 0.05) is 59.8 Å². The Bertz CT molecular complexity index is 2620. The van der Waals surface area contributed by atoms with Gasteiger partial charge in [-0.25, -0.2) is 0 Å². The molecule has 0 spiro atoms. The second kappa shape index (κ2) is 16.6. The van der Waals surface area contributed by atoms with E-state index in [2.05, 4.69) is 40.1 Å². The van der Waals surface area contributed by atoms with Crippen molar-refractivity contribution in [2.45, 2.75) is 6.10 Å². The lowest BCUT2D eigenvalue weighted by Crippen LogP contribution is -2.46. The SMILES string of the molecule is COc1ccc(N2CCN(c3ccc(N(C(=O)C4C=Cc5ccc6ccccc6c5O4)c4ccc(-c5ccccc5)c(-c5ccccc5)c4OCC=O)cc3)CC2)cc1. The molecule has 2 aliphatic heterocycles. The molecule has 59 heavy (non-hydrogen) atoms. The maximum absolute atomic E-state index is 15.3. The van der Waals surface area contributed by atoms with E-state index in [4.69, 9.17) is 14.2 Å². The Balaban J connectivity index is 1.12. The van der Waals surface area contributed by atoms with Gasteiger partial charge in [-0.1, -0.05) is 109 Å². The number of benzene rings is 7. The maximum atomic E-state index is 15.3. The predicted octanol–water partition coefficient (Wildman–Crippen LogP) is 10.2. The molecule has 8 nitrogen and oxygen atoms in total. The number of hydrogen-bond donors (Lipinski definition) is 0. The van der Waals surface area contributed by atoms with Gasteiger partial charge in [-0.2, -0.15) is 0 Å². The molecule has 1 atom stereocenters. The summed E-state index contributed by atoms with van der Waals surface area (Å²) in [5, 5.41) is 1.96. The van der Waals surface area contributed by atoms with Crippen LogP contribution in [-0.2, 0) is 9.59 Å². The molecule has 0 aromatic heterocycles. The van der Waals surface area contributed by atoms with Crippen LogP contribution in [0.2, 0.25) is 0 Å². The molecule has 7 aromatic rings. The van der Waals surface area contributed by atoms with Gasteiger partial charge in [0.25, 0.3) is 5.91 Å². The Kier molecular flexibility index (Phi) is 10.5. The highest BCUT2D eigenvalue weighted by Crippen LogP contribution is 2.48. The number of rotatable bonds is 11. The van der Waals surface area contributed by atoms with Crippen LogP contribution in [0.25, 0.3) is 39.1 Å². The van der Waals surface area contributed by atoms with Crippen molar-refractivity contribution >= 4 is 51.8 Å². The molecular weight excluding hydrogens is 735 g/mol. The molecule has 0 saturated carbocycles. The Hall–Kier alpha value is -7.32. The van der Waals surface area contributed by atoms with Crippen molar-refractivity contribution in [3.8, 4) is 39.5 Å². The zero-order valence-electron chi connectivity index (χ0n) is 32.7. The van der Waals surface area contributed by atoms with E-state index in [1.165, 1.54) is 5.69 Å². The molecule has 1 fully saturated rings. The minimum absolute atomic E-state index is 0.201. The second-order valence-corrected chi connectivity index (χ2v) is 14.5. The van der Waals surface area contributed by atoms with Crippen molar-refractivity contribution in [1.29, 1.82) is 0 Å². The molecule has 292 valence electrons. The summed E-state index contributed by atoms with van der Waals surface area (Å²) in [6, 6.07) is 52.3. The maximum Gasteiger partial charge on any atom is 0.276 e. The smallest absolute Gasteiger partial charge is 0.276 e. The number of methoxy groups -OCH3 is 1. The Morgan fingerprint density at radius 1 is 0.712 bits per heavy atom. The van der Waals surface area contributed by atoms with E-state index >= 15 is 4.79 Å². The fourth-order valence-corrected chi connectivity index (χ4v) is 8.11. The summed E-state index contributed by atoms with van der Waals surface area (Å²) in [4.78, 5) is 33.7. The van der Waals surface area contributed by atoms with Crippen molar-refractivity contribution in [1.82, 2.24) is 0 Å². The summed E-state index contributed by atoms with van der Waals surface area (Å²) >= 11 is 0. The molecule has 0 bridgehead atoms. The first-order valence-electron chi connectivity index (χ1n) is 19.9. The summed E-state index contributed by atoms with van der Waals surface area (Å²) in [6.45, 7) is 3.22. The number of piperazine rings is 1. The molecule has 1 saturated heterocycles. The lowest BCUT2D eigenvalue weighted by atomic mass is 9.92. The fraction of sp³-hybridized carbons (Fsp3) is 0.137. The quantitative estimate of drug-likeness (QED) is 0.121. The number of ether oxygens (including phenoxy) is 3. The Morgan fingerprint density at radius 2 is 1.34 bits per heavy atom. The number of carbonyl (C=O) groups is 2. The lowest BCUT2D eigenvalue weighted by Gasteiger charge is -2.37. The Morgan fingerprint density at radius 3 is 2.00 bits per heavy atom. The highest BCUT2D eigenvalue weighted by molar-refractivity contribution is 6.08. The van der Waals surface area contributed by atoms with Gasteiger partial charge in [-0.15, -0.1) is 0 Å². The average molecular weight is 778 g/mol. The van der Waals surface area contributed by atoms with Crippen LogP contribution < -0.4 is 28.9 Å². The summed E-state index contributed by atoms with van der Waals surface area (Å²) in [6.07, 6.45) is 3.55. The molecule has 9 rings (SSSR count). The third kappa shape index (κ3) is 7.48. The monoisotopic (exact) mass is 777 g/mol. The van der Waals surface area contributed by atoms with Crippen LogP contribution in [0, 0.1) is 0 Å². The molecule has 2 aliphatic rings. The number of carbonyl (C=O) groups excluding carboxylic acids is 2. The van der Waals surface area contributed by atoms with Gasteiger partial charge in [-0.05, 0) is 82.7 Å². The van der Waals surface area contributed by atoms with E-state index in [0.717, 1.165) is 82.5 Å². The van der Waals surface area contributed by atoms with E-state index in [-0.39, 0.29) is 12.5 Å². The Labute approximate surface area is 344 Å². The molecule has 1 amide bonds. The minimum Gasteiger partial charge on any atom is -0.497 e. The molecule has 0 radical (unpaired) electrons. The molecule has 0 aliphatic carbocycles. The summed E-state index contributed by atoms with van der Waals surface area (Å²) in [7, 11) is 1.68. The number of amides is 1. The standard InChI is InChI=1S/C51H43N3O5/c1-57-43-25-23-41(24-26-43)53-32-30-52(31-33-53)40-19-21-42(22-20-40)54(51(56)47-29-18-39-17-16-37-12-8-9-15-45(37)49(39)59-47)46-28-27-44(36-10-4-2-5-11-36)48(50(46)58-35-34-55)38-13-6-3-7-14-38/h2-29,34,47H,30-33,35H2,1H3. The zero-order chi connectivity index (χ0) is 40.1. The molecule has 2 heterocycles. The third-order valence-corrected chi connectivity index (χ3v) is 11.1. The number of hydrogen-bond acceptors (Lipinski definition) is 7. The molecule has 8 heteroatoms. The highest BCUT2D eigenvalue weighted by Gasteiger charge is 2.33. The lowest BCUT2D eigenvalue weighted by molar-refractivity contribution is -0.122. The first-order chi connectivity index (χ1) is 29.1. The van der Waals surface area contributed by atoms with Crippen LogP contribution in [-0.4, -0.2) is 58.2 Å². The number of fused-ring (bicyclic) bond motifs is 3. The van der Waals surface area contributed by atoms with Gasteiger partial charge < -0.3 is 24.0 Å². The molecule has 1 unspecified atom stereocenters. The van der Waals surface area contributed by atoms with E-state index in [1.807, 2.05) is 140 Å². The average Bonchev–Trinajstić information content (AvgIpc) is 3.31. The van der Waals surface area contributed by atoms with Crippen molar-refractivity contribution in [2.24, 2.45) is 0 Å². The molecule has 0 N–H and O–H groups in total. The summed E-state index contributed by atoms with van der Waals surface area (Å²) in [5.74, 6) is 1.62. The molecule has 7 aromatic carbocycles.